The van der Waals surface area contributed by atoms with Crippen molar-refractivity contribution in [3.05, 3.63) is 5.89 Å². The number of anilines is 1. The van der Waals surface area contributed by atoms with Crippen LogP contribution in [-0.2, 0) is 6.54 Å². The first-order valence-corrected chi connectivity index (χ1v) is 7.77. The Morgan fingerprint density at radius 3 is 2.90 bits per heavy atom. The zero-order valence-corrected chi connectivity index (χ0v) is 12.5. The fraction of sp³-hybridized carbons (Fsp3) is 0.857. The predicted molar refractivity (Wildman–Crippen MR) is 77.7 cm³/mol. The normalized spacial score (nSPS) is 24.9. The first kappa shape index (κ1) is 13.8. The lowest BCUT2D eigenvalue weighted by atomic mass is 10.2. The van der Waals surface area contributed by atoms with E-state index in [0.29, 0.717) is 30.5 Å². The average molecular weight is 279 g/mol. The average Bonchev–Trinajstić information content (AvgIpc) is 3.20. The second-order valence-electron chi connectivity index (χ2n) is 6.00. The maximum absolute atomic E-state index is 5.85. The molecule has 2 fully saturated rings. The zero-order valence-electron chi connectivity index (χ0n) is 12.5. The lowest BCUT2D eigenvalue weighted by molar-refractivity contribution is 0.324. The lowest BCUT2D eigenvalue weighted by Crippen LogP contribution is -2.40. The molecule has 0 radical (unpaired) electrons. The quantitative estimate of drug-likeness (QED) is 0.875. The predicted octanol–water partition coefficient (Wildman–Crippen LogP) is 1.24. The Kier molecular flexibility index (Phi) is 4.21. The standard InChI is InChI=1S/C14H25N5O/c1-3-12-10-18(2)7-4-8-19(12)14-17-16-13(20-14)9-15-11-5-6-11/h11-12,15H,3-10H2,1-2H3. The monoisotopic (exact) mass is 279 g/mol. The largest absolute Gasteiger partial charge is 0.407 e. The van der Waals surface area contributed by atoms with Crippen LogP contribution >= 0.6 is 0 Å². The summed E-state index contributed by atoms with van der Waals surface area (Å²) < 4.78 is 5.85. The summed E-state index contributed by atoms with van der Waals surface area (Å²) in [5.41, 5.74) is 0. The van der Waals surface area contributed by atoms with Crippen LogP contribution in [0.5, 0.6) is 0 Å². The number of nitrogens with zero attached hydrogens (tertiary/aromatic N) is 4. The molecule has 1 aromatic heterocycles. The molecule has 112 valence electrons. The molecule has 6 heteroatoms. The van der Waals surface area contributed by atoms with Gasteiger partial charge in [-0.2, -0.15) is 0 Å². The van der Waals surface area contributed by atoms with Crippen LogP contribution in [0.3, 0.4) is 0 Å². The van der Waals surface area contributed by atoms with E-state index in [2.05, 4.69) is 39.3 Å². The fourth-order valence-corrected chi connectivity index (χ4v) is 2.80. The molecule has 0 amide bonds. The van der Waals surface area contributed by atoms with Gasteiger partial charge in [-0.05, 0) is 39.3 Å². The van der Waals surface area contributed by atoms with E-state index < -0.39 is 0 Å². The number of hydrogen-bond donors (Lipinski definition) is 1. The first-order chi connectivity index (χ1) is 9.76. The third kappa shape index (κ3) is 3.30. The highest BCUT2D eigenvalue weighted by Gasteiger charge is 2.26. The van der Waals surface area contributed by atoms with E-state index in [1.54, 1.807) is 0 Å². The molecule has 2 heterocycles. The van der Waals surface area contributed by atoms with E-state index in [4.69, 9.17) is 4.42 Å². The highest BCUT2D eigenvalue weighted by molar-refractivity contribution is 5.27. The molecular formula is C14H25N5O. The second-order valence-corrected chi connectivity index (χ2v) is 6.00. The number of likely N-dealkylation sites (N-methyl/N-ethyl adjacent to an activating group) is 1. The van der Waals surface area contributed by atoms with Gasteiger partial charge in [0, 0.05) is 25.2 Å². The maximum Gasteiger partial charge on any atom is 0.318 e. The molecule has 1 unspecified atom stereocenters. The third-order valence-corrected chi connectivity index (χ3v) is 4.19. The smallest absolute Gasteiger partial charge is 0.318 e. The summed E-state index contributed by atoms with van der Waals surface area (Å²) in [4.78, 5) is 4.68. The van der Waals surface area contributed by atoms with Gasteiger partial charge in [0.2, 0.25) is 5.89 Å². The number of nitrogens with one attached hydrogen (secondary N) is 1. The van der Waals surface area contributed by atoms with E-state index >= 15 is 0 Å². The van der Waals surface area contributed by atoms with Crippen molar-refractivity contribution >= 4 is 6.01 Å². The number of aromatic nitrogens is 2. The summed E-state index contributed by atoms with van der Waals surface area (Å²) in [6.07, 6.45) is 4.79. The SMILES string of the molecule is CCC1CN(C)CCCN1c1nnc(CNC2CC2)o1. The molecule has 1 saturated heterocycles. The Labute approximate surface area is 120 Å². The molecule has 1 saturated carbocycles. The molecule has 1 aliphatic heterocycles. The van der Waals surface area contributed by atoms with Gasteiger partial charge in [0.05, 0.1) is 6.54 Å². The van der Waals surface area contributed by atoms with Gasteiger partial charge in [0.1, 0.15) is 0 Å². The van der Waals surface area contributed by atoms with Crippen LogP contribution in [0, 0.1) is 0 Å². The minimum atomic E-state index is 0.465. The minimum absolute atomic E-state index is 0.465. The molecule has 1 aliphatic carbocycles. The highest BCUT2D eigenvalue weighted by Crippen LogP contribution is 2.22. The van der Waals surface area contributed by atoms with Crippen molar-refractivity contribution in [2.75, 3.05) is 31.6 Å². The lowest BCUT2D eigenvalue weighted by Gasteiger charge is -2.28. The van der Waals surface area contributed by atoms with Gasteiger partial charge < -0.3 is 19.5 Å². The third-order valence-electron chi connectivity index (χ3n) is 4.19. The van der Waals surface area contributed by atoms with Crippen LogP contribution in [0.4, 0.5) is 6.01 Å². The molecule has 2 aliphatic rings. The van der Waals surface area contributed by atoms with Crippen molar-refractivity contribution in [1.29, 1.82) is 0 Å². The van der Waals surface area contributed by atoms with Crippen molar-refractivity contribution in [3.63, 3.8) is 0 Å². The van der Waals surface area contributed by atoms with Gasteiger partial charge in [0.15, 0.2) is 0 Å². The summed E-state index contributed by atoms with van der Waals surface area (Å²) in [5.74, 6) is 0.708. The Bertz CT molecular complexity index is 431. The minimum Gasteiger partial charge on any atom is -0.407 e. The number of hydrogen-bond acceptors (Lipinski definition) is 6. The molecule has 0 bridgehead atoms. The van der Waals surface area contributed by atoms with Gasteiger partial charge in [-0.1, -0.05) is 12.0 Å². The molecule has 0 spiro atoms. The highest BCUT2D eigenvalue weighted by atomic mass is 16.4. The molecule has 1 atom stereocenters. The van der Waals surface area contributed by atoms with Gasteiger partial charge in [0.25, 0.3) is 0 Å². The number of rotatable bonds is 5. The summed E-state index contributed by atoms with van der Waals surface area (Å²) in [7, 11) is 2.19. The van der Waals surface area contributed by atoms with Crippen molar-refractivity contribution < 1.29 is 4.42 Å². The molecule has 1 N–H and O–H groups in total. The zero-order chi connectivity index (χ0) is 13.9. The molecule has 3 rings (SSSR count). The van der Waals surface area contributed by atoms with Crippen molar-refractivity contribution in [2.24, 2.45) is 0 Å². The Morgan fingerprint density at radius 1 is 1.30 bits per heavy atom. The topological polar surface area (TPSA) is 57.4 Å². The van der Waals surface area contributed by atoms with Gasteiger partial charge in [-0.3, -0.25) is 0 Å². The molecule has 20 heavy (non-hydrogen) atoms. The van der Waals surface area contributed by atoms with Crippen molar-refractivity contribution in [2.45, 2.75) is 51.2 Å². The Balaban J connectivity index is 1.65. The summed E-state index contributed by atoms with van der Waals surface area (Å²) in [5, 5.41) is 11.8. The van der Waals surface area contributed by atoms with E-state index in [1.807, 2.05) is 0 Å². The second kappa shape index (κ2) is 6.10. The maximum atomic E-state index is 5.85. The van der Waals surface area contributed by atoms with Crippen LogP contribution in [0.1, 0.15) is 38.5 Å². The van der Waals surface area contributed by atoms with E-state index in [9.17, 15) is 0 Å². The Morgan fingerprint density at radius 2 is 2.15 bits per heavy atom. The van der Waals surface area contributed by atoms with Gasteiger partial charge >= 0.3 is 6.01 Å². The molecular weight excluding hydrogens is 254 g/mol. The van der Waals surface area contributed by atoms with Crippen LogP contribution in [0.25, 0.3) is 0 Å². The van der Waals surface area contributed by atoms with Crippen LogP contribution in [-0.4, -0.2) is 53.9 Å². The van der Waals surface area contributed by atoms with Crippen LogP contribution in [0.2, 0.25) is 0 Å². The van der Waals surface area contributed by atoms with E-state index in [1.165, 1.54) is 12.8 Å². The summed E-state index contributed by atoms with van der Waals surface area (Å²) >= 11 is 0. The molecule has 0 aromatic carbocycles. The van der Waals surface area contributed by atoms with Crippen LogP contribution < -0.4 is 10.2 Å². The van der Waals surface area contributed by atoms with Gasteiger partial charge in [-0.25, -0.2) is 0 Å². The Hall–Kier alpha value is -1.14. The van der Waals surface area contributed by atoms with Crippen molar-refractivity contribution in [1.82, 2.24) is 20.4 Å². The van der Waals surface area contributed by atoms with E-state index in [0.717, 1.165) is 32.5 Å². The van der Waals surface area contributed by atoms with Crippen molar-refractivity contribution in [3.8, 4) is 0 Å². The summed E-state index contributed by atoms with van der Waals surface area (Å²) in [6.45, 7) is 6.12. The molecule has 1 aromatic rings. The fourth-order valence-electron chi connectivity index (χ4n) is 2.80. The van der Waals surface area contributed by atoms with Crippen LogP contribution in [0.15, 0.2) is 4.42 Å². The summed E-state index contributed by atoms with van der Waals surface area (Å²) in [6, 6.07) is 1.83. The van der Waals surface area contributed by atoms with E-state index in [-0.39, 0.29) is 0 Å². The molecule has 6 nitrogen and oxygen atoms in total. The first-order valence-electron chi connectivity index (χ1n) is 7.77. The van der Waals surface area contributed by atoms with Gasteiger partial charge in [-0.15, -0.1) is 5.10 Å².